The van der Waals surface area contributed by atoms with Gasteiger partial charge in [-0.3, -0.25) is 4.79 Å². The maximum absolute atomic E-state index is 12.5. The van der Waals surface area contributed by atoms with E-state index in [0.717, 1.165) is 0 Å². The summed E-state index contributed by atoms with van der Waals surface area (Å²) in [6.45, 7) is 1.19. The van der Waals surface area contributed by atoms with E-state index in [0.29, 0.717) is 22.9 Å². The molecular formula is C20H19N3O5. The largest absolute Gasteiger partial charge is 0.497 e. The van der Waals surface area contributed by atoms with Crippen molar-refractivity contribution in [2.75, 3.05) is 20.8 Å². The van der Waals surface area contributed by atoms with Crippen LogP contribution in [0.1, 0.15) is 26.5 Å². The Morgan fingerprint density at radius 1 is 1.00 bits per heavy atom. The molecule has 3 rings (SSSR count). The fraction of sp³-hybridized carbons (Fsp3) is 0.200. The molecule has 0 fully saturated rings. The Bertz CT molecular complexity index is 998. The molecule has 8 heteroatoms. The van der Waals surface area contributed by atoms with E-state index in [1.165, 1.54) is 25.1 Å². The van der Waals surface area contributed by atoms with Crippen LogP contribution >= 0.6 is 0 Å². The van der Waals surface area contributed by atoms with E-state index in [4.69, 9.17) is 14.2 Å². The van der Waals surface area contributed by atoms with E-state index in [1.54, 1.807) is 19.1 Å². The van der Waals surface area contributed by atoms with Crippen LogP contribution in [0.2, 0.25) is 0 Å². The SMILES string of the molecule is COc1ccc(OC)c(C(=O)COC(=O)c2nn(-c3ccccc3)nc2C)c1. The van der Waals surface area contributed by atoms with Gasteiger partial charge in [-0.1, -0.05) is 18.2 Å². The van der Waals surface area contributed by atoms with Crippen molar-refractivity contribution in [2.45, 2.75) is 6.92 Å². The van der Waals surface area contributed by atoms with Gasteiger partial charge in [0.15, 0.2) is 12.3 Å². The number of Topliss-reactive ketones (excluding diaryl/α,β-unsaturated/α-hetero) is 1. The predicted molar refractivity (Wildman–Crippen MR) is 100 cm³/mol. The van der Waals surface area contributed by atoms with Crippen LogP contribution in [-0.4, -0.2) is 47.6 Å². The Morgan fingerprint density at radius 3 is 2.43 bits per heavy atom. The number of nitrogens with zero attached hydrogens (tertiary/aromatic N) is 3. The van der Waals surface area contributed by atoms with E-state index >= 15 is 0 Å². The lowest BCUT2D eigenvalue weighted by molar-refractivity contribution is 0.0467. The van der Waals surface area contributed by atoms with Crippen LogP contribution in [0.4, 0.5) is 0 Å². The molecule has 144 valence electrons. The minimum absolute atomic E-state index is 0.0502. The summed E-state index contributed by atoms with van der Waals surface area (Å²) in [4.78, 5) is 26.2. The van der Waals surface area contributed by atoms with Gasteiger partial charge in [-0.15, -0.1) is 5.10 Å². The standard InChI is InChI=1S/C20H19N3O5/c1-13-19(22-23(21-13)14-7-5-4-6-8-14)20(25)28-12-17(24)16-11-15(26-2)9-10-18(16)27-3/h4-11H,12H2,1-3H3. The number of hydrogen-bond donors (Lipinski definition) is 0. The molecule has 0 amide bonds. The van der Waals surface area contributed by atoms with E-state index in [-0.39, 0.29) is 11.3 Å². The minimum Gasteiger partial charge on any atom is -0.497 e. The number of ether oxygens (including phenoxy) is 3. The van der Waals surface area contributed by atoms with Crippen LogP contribution in [0, 0.1) is 6.92 Å². The third kappa shape index (κ3) is 4.01. The van der Waals surface area contributed by atoms with Crippen molar-refractivity contribution in [3.05, 3.63) is 65.5 Å². The van der Waals surface area contributed by atoms with Gasteiger partial charge in [-0.2, -0.15) is 9.90 Å². The molecule has 0 N–H and O–H groups in total. The number of benzene rings is 2. The monoisotopic (exact) mass is 381 g/mol. The topological polar surface area (TPSA) is 92.5 Å². The molecule has 1 aromatic heterocycles. The van der Waals surface area contributed by atoms with Crippen LogP contribution in [0.5, 0.6) is 11.5 Å². The summed E-state index contributed by atoms with van der Waals surface area (Å²) >= 11 is 0. The first-order chi connectivity index (χ1) is 13.5. The highest BCUT2D eigenvalue weighted by molar-refractivity contribution is 6.01. The number of carbonyl (C=O) groups is 2. The number of esters is 1. The summed E-state index contributed by atoms with van der Waals surface area (Å²) in [7, 11) is 2.95. The van der Waals surface area contributed by atoms with Crippen molar-refractivity contribution >= 4 is 11.8 Å². The molecule has 28 heavy (non-hydrogen) atoms. The Balaban J connectivity index is 1.73. The van der Waals surface area contributed by atoms with E-state index in [2.05, 4.69) is 10.2 Å². The normalized spacial score (nSPS) is 10.4. The molecule has 0 atom stereocenters. The first kappa shape index (κ1) is 19.1. The highest BCUT2D eigenvalue weighted by Gasteiger charge is 2.21. The smallest absolute Gasteiger partial charge is 0.361 e. The van der Waals surface area contributed by atoms with Crippen LogP contribution in [0.3, 0.4) is 0 Å². The minimum atomic E-state index is -0.727. The first-order valence-corrected chi connectivity index (χ1v) is 8.45. The molecular weight excluding hydrogens is 362 g/mol. The lowest BCUT2D eigenvalue weighted by atomic mass is 10.1. The lowest BCUT2D eigenvalue weighted by Crippen LogP contribution is -2.16. The summed E-state index contributed by atoms with van der Waals surface area (Å²) in [5.41, 5.74) is 1.43. The third-order valence-electron chi connectivity index (χ3n) is 4.00. The Morgan fingerprint density at radius 2 is 1.75 bits per heavy atom. The van der Waals surface area contributed by atoms with Crippen molar-refractivity contribution in [3.63, 3.8) is 0 Å². The molecule has 0 saturated carbocycles. The Labute approximate surface area is 161 Å². The maximum Gasteiger partial charge on any atom is 0.361 e. The Hall–Kier alpha value is -3.68. The van der Waals surface area contributed by atoms with Crippen LogP contribution in [-0.2, 0) is 4.74 Å². The molecule has 0 bridgehead atoms. The number of carbonyl (C=O) groups excluding carboxylic acids is 2. The van der Waals surface area contributed by atoms with Gasteiger partial charge in [-0.05, 0) is 37.3 Å². The van der Waals surface area contributed by atoms with Crippen molar-refractivity contribution in [1.82, 2.24) is 15.0 Å². The number of methoxy groups -OCH3 is 2. The predicted octanol–water partition coefficient (Wildman–Crippen LogP) is 2.63. The quantitative estimate of drug-likeness (QED) is 0.459. The molecule has 0 unspecified atom stereocenters. The molecule has 0 aliphatic rings. The van der Waals surface area contributed by atoms with Gasteiger partial charge in [0, 0.05) is 0 Å². The number of ketones is 1. The zero-order valence-corrected chi connectivity index (χ0v) is 15.7. The summed E-state index contributed by atoms with van der Waals surface area (Å²) in [6.07, 6.45) is 0. The van der Waals surface area contributed by atoms with Gasteiger partial charge in [0.25, 0.3) is 0 Å². The second-order valence-electron chi connectivity index (χ2n) is 5.82. The first-order valence-electron chi connectivity index (χ1n) is 8.45. The zero-order chi connectivity index (χ0) is 20.1. The Kier molecular flexibility index (Phi) is 5.69. The molecule has 0 saturated heterocycles. The van der Waals surface area contributed by atoms with E-state index in [9.17, 15) is 9.59 Å². The molecule has 8 nitrogen and oxygen atoms in total. The average molecular weight is 381 g/mol. The highest BCUT2D eigenvalue weighted by Crippen LogP contribution is 2.24. The van der Waals surface area contributed by atoms with Gasteiger partial charge in [0.2, 0.25) is 5.78 Å². The van der Waals surface area contributed by atoms with Crippen molar-refractivity contribution in [1.29, 1.82) is 0 Å². The molecule has 0 aliphatic heterocycles. The lowest BCUT2D eigenvalue weighted by Gasteiger charge is -2.09. The highest BCUT2D eigenvalue weighted by atomic mass is 16.5. The number of hydrogen-bond acceptors (Lipinski definition) is 7. The number of rotatable bonds is 7. The van der Waals surface area contributed by atoms with Crippen molar-refractivity contribution < 1.29 is 23.8 Å². The van der Waals surface area contributed by atoms with E-state index in [1.807, 2.05) is 30.3 Å². The van der Waals surface area contributed by atoms with Gasteiger partial charge < -0.3 is 14.2 Å². The molecule has 1 heterocycles. The van der Waals surface area contributed by atoms with Crippen molar-refractivity contribution in [2.24, 2.45) is 0 Å². The van der Waals surface area contributed by atoms with Crippen LogP contribution < -0.4 is 9.47 Å². The van der Waals surface area contributed by atoms with Crippen LogP contribution in [0.25, 0.3) is 5.69 Å². The molecule has 3 aromatic rings. The molecule has 0 aliphatic carbocycles. The third-order valence-corrected chi connectivity index (χ3v) is 4.00. The maximum atomic E-state index is 12.5. The fourth-order valence-corrected chi connectivity index (χ4v) is 2.55. The number of aryl methyl sites for hydroxylation is 1. The van der Waals surface area contributed by atoms with Gasteiger partial charge in [0.05, 0.1) is 31.2 Å². The zero-order valence-electron chi connectivity index (χ0n) is 15.7. The summed E-state index contributed by atoms with van der Waals surface area (Å²) in [5.74, 6) is -0.280. The van der Waals surface area contributed by atoms with Crippen molar-refractivity contribution in [3.8, 4) is 17.2 Å². The summed E-state index contributed by atoms with van der Waals surface area (Å²) in [6, 6.07) is 14.0. The van der Waals surface area contributed by atoms with Crippen LogP contribution in [0.15, 0.2) is 48.5 Å². The molecule has 0 radical (unpaired) electrons. The second kappa shape index (κ2) is 8.34. The van der Waals surface area contributed by atoms with Gasteiger partial charge in [-0.25, -0.2) is 4.79 Å². The second-order valence-corrected chi connectivity index (χ2v) is 5.82. The van der Waals surface area contributed by atoms with E-state index < -0.39 is 18.4 Å². The summed E-state index contributed by atoms with van der Waals surface area (Å²) in [5, 5.41) is 8.39. The molecule has 0 spiro atoms. The van der Waals surface area contributed by atoms with Gasteiger partial charge >= 0.3 is 5.97 Å². The summed E-state index contributed by atoms with van der Waals surface area (Å²) < 4.78 is 15.5. The fourth-order valence-electron chi connectivity index (χ4n) is 2.55. The number of aromatic nitrogens is 3. The average Bonchev–Trinajstić information content (AvgIpc) is 3.13. The molecule has 2 aromatic carbocycles. The number of para-hydroxylation sites is 1. The van der Waals surface area contributed by atoms with Gasteiger partial charge in [0.1, 0.15) is 11.5 Å².